The number of unbranched alkanes of at least 4 members (excludes halogenated alkanes) is 35. The molecule has 362 valence electrons. The highest BCUT2D eigenvalue weighted by Gasteiger charge is 2.44. The molecule has 1 rings (SSSR count). The van der Waals surface area contributed by atoms with Crippen LogP contribution in [0.3, 0.4) is 0 Å². The summed E-state index contributed by atoms with van der Waals surface area (Å²) in [5.41, 5.74) is 0. The van der Waals surface area contributed by atoms with Crippen molar-refractivity contribution in [3.05, 3.63) is 12.2 Å². The molecule has 0 aliphatic carbocycles. The van der Waals surface area contributed by atoms with E-state index in [1.54, 1.807) is 6.08 Å². The van der Waals surface area contributed by atoms with Gasteiger partial charge in [-0.05, 0) is 19.3 Å². The molecule has 0 spiro atoms. The zero-order chi connectivity index (χ0) is 44.4. The van der Waals surface area contributed by atoms with E-state index in [4.69, 9.17) is 9.47 Å². The van der Waals surface area contributed by atoms with Gasteiger partial charge in [-0.1, -0.05) is 244 Å². The Morgan fingerprint density at radius 3 is 1.28 bits per heavy atom. The Kier molecular flexibility index (Phi) is 40.7. The van der Waals surface area contributed by atoms with Crippen LogP contribution < -0.4 is 5.32 Å². The van der Waals surface area contributed by atoms with Crippen molar-refractivity contribution in [3.63, 3.8) is 0 Å². The second kappa shape index (κ2) is 42.9. The molecule has 9 heteroatoms. The molecule has 7 atom stereocenters. The van der Waals surface area contributed by atoms with Gasteiger partial charge in [-0.3, -0.25) is 4.79 Å². The summed E-state index contributed by atoms with van der Waals surface area (Å²) in [5.74, 6) is -0.172. The molecule has 61 heavy (non-hydrogen) atoms. The molecule has 6 N–H and O–H groups in total. The van der Waals surface area contributed by atoms with E-state index in [-0.39, 0.29) is 12.5 Å². The lowest BCUT2D eigenvalue weighted by Crippen LogP contribution is -2.60. The van der Waals surface area contributed by atoms with Crippen LogP contribution in [0.2, 0.25) is 0 Å². The third-order valence-corrected chi connectivity index (χ3v) is 12.9. The molecule has 1 aliphatic rings. The van der Waals surface area contributed by atoms with Crippen molar-refractivity contribution in [2.24, 2.45) is 0 Å². The molecular formula is C52H101NO8. The molecular weight excluding hydrogens is 767 g/mol. The first-order chi connectivity index (χ1) is 29.8. The smallest absolute Gasteiger partial charge is 0.220 e. The monoisotopic (exact) mass is 868 g/mol. The van der Waals surface area contributed by atoms with Crippen molar-refractivity contribution in [3.8, 4) is 0 Å². The largest absolute Gasteiger partial charge is 0.394 e. The van der Waals surface area contributed by atoms with E-state index >= 15 is 0 Å². The Bertz CT molecular complexity index is 966. The van der Waals surface area contributed by atoms with E-state index in [1.807, 2.05) is 6.08 Å². The molecule has 0 aromatic heterocycles. The molecule has 1 heterocycles. The number of aliphatic hydroxyl groups is 5. The van der Waals surface area contributed by atoms with Gasteiger partial charge < -0.3 is 40.3 Å². The predicted octanol–water partition coefficient (Wildman–Crippen LogP) is 12.1. The summed E-state index contributed by atoms with van der Waals surface area (Å²) >= 11 is 0. The first kappa shape index (κ1) is 57.9. The first-order valence-corrected chi connectivity index (χ1v) is 26.4. The van der Waals surface area contributed by atoms with Gasteiger partial charge >= 0.3 is 0 Å². The van der Waals surface area contributed by atoms with E-state index in [2.05, 4.69) is 19.2 Å². The van der Waals surface area contributed by atoms with Gasteiger partial charge in [-0.2, -0.15) is 0 Å². The normalized spacial score (nSPS) is 20.4. The number of aliphatic hydroxyl groups excluding tert-OH is 5. The van der Waals surface area contributed by atoms with Gasteiger partial charge in [0.2, 0.25) is 5.91 Å². The van der Waals surface area contributed by atoms with Gasteiger partial charge in [0, 0.05) is 6.42 Å². The molecule has 0 aromatic carbocycles. The van der Waals surface area contributed by atoms with Gasteiger partial charge in [-0.15, -0.1) is 0 Å². The van der Waals surface area contributed by atoms with E-state index in [0.29, 0.717) is 6.42 Å². The number of allylic oxidation sites excluding steroid dienone is 1. The zero-order valence-electron chi connectivity index (χ0n) is 39.9. The molecule has 1 saturated heterocycles. The maximum atomic E-state index is 13.0. The first-order valence-electron chi connectivity index (χ1n) is 26.4. The SMILES string of the molecule is CCCCCCCCCCCCC/C=C/[C@@H](O)[C@H](CO[C@@H]1O[C@H](CO)[C@@H](O)C(O)C1O)NC(=O)CCCCCCCCCCCCCCCCCCCCCCCCCCC. The average molecular weight is 868 g/mol. The summed E-state index contributed by atoms with van der Waals surface area (Å²) in [6.45, 7) is 3.80. The van der Waals surface area contributed by atoms with Gasteiger partial charge in [0.1, 0.15) is 24.4 Å². The summed E-state index contributed by atoms with van der Waals surface area (Å²) in [6, 6.07) is -0.798. The molecule has 1 amide bonds. The number of rotatable bonds is 45. The minimum atomic E-state index is -1.56. The minimum absolute atomic E-state index is 0.172. The number of carbonyl (C=O) groups is 1. The molecule has 0 saturated carbocycles. The predicted molar refractivity (Wildman–Crippen MR) is 254 cm³/mol. The fourth-order valence-corrected chi connectivity index (χ4v) is 8.63. The Morgan fingerprint density at radius 2 is 0.902 bits per heavy atom. The highest BCUT2D eigenvalue weighted by atomic mass is 16.7. The zero-order valence-corrected chi connectivity index (χ0v) is 39.9. The number of carbonyl (C=O) groups excluding carboxylic acids is 1. The number of amides is 1. The van der Waals surface area contributed by atoms with Crippen LogP contribution in [-0.2, 0) is 14.3 Å². The summed E-state index contributed by atoms with van der Waals surface area (Å²) in [4.78, 5) is 13.0. The van der Waals surface area contributed by atoms with Crippen LogP contribution in [0.15, 0.2) is 12.2 Å². The summed E-state index contributed by atoms with van der Waals surface area (Å²) in [6.07, 6.45) is 44.2. The van der Waals surface area contributed by atoms with Crippen molar-refractivity contribution in [1.29, 1.82) is 0 Å². The number of hydrogen-bond acceptors (Lipinski definition) is 8. The van der Waals surface area contributed by atoms with E-state index in [0.717, 1.165) is 38.5 Å². The lowest BCUT2D eigenvalue weighted by Gasteiger charge is -2.40. The number of hydrogen-bond donors (Lipinski definition) is 6. The maximum Gasteiger partial charge on any atom is 0.220 e. The Labute approximate surface area is 376 Å². The van der Waals surface area contributed by atoms with Crippen LogP contribution in [0.5, 0.6) is 0 Å². The van der Waals surface area contributed by atoms with Crippen molar-refractivity contribution in [2.45, 2.75) is 301 Å². The molecule has 0 radical (unpaired) electrons. The van der Waals surface area contributed by atoms with Crippen LogP contribution >= 0.6 is 0 Å². The van der Waals surface area contributed by atoms with Crippen molar-refractivity contribution in [2.75, 3.05) is 13.2 Å². The Hall–Kier alpha value is -1.07. The molecule has 1 fully saturated rings. The topological polar surface area (TPSA) is 149 Å². The molecule has 2 unspecified atom stereocenters. The molecule has 0 bridgehead atoms. The van der Waals surface area contributed by atoms with Gasteiger partial charge in [-0.25, -0.2) is 0 Å². The van der Waals surface area contributed by atoms with E-state index in [9.17, 15) is 30.3 Å². The summed E-state index contributed by atoms with van der Waals surface area (Å²) in [5, 5.41) is 54.3. The van der Waals surface area contributed by atoms with E-state index < -0.39 is 49.5 Å². The van der Waals surface area contributed by atoms with Crippen molar-refractivity contribution in [1.82, 2.24) is 5.32 Å². The van der Waals surface area contributed by atoms with Crippen LogP contribution in [0.4, 0.5) is 0 Å². The van der Waals surface area contributed by atoms with Crippen molar-refractivity contribution < 1.29 is 39.8 Å². The highest BCUT2D eigenvalue weighted by molar-refractivity contribution is 5.76. The summed E-state index contributed by atoms with van der Waals surface area (Å²) in [7, 11) is 0. The maximum absolute atomic E-state index is 13.0. The second-order valence-corrected chi connectivity index (χ2v) is 18.7. The Morgan fingerprint density at radius 1 is 0.541 bits per heavy atom. The third-order valence-electron chi connectivity index (χ3n) is 12.9. The second-order valence-electron chi connectivity index (χ2n) is 18.7. The van der Waals surface area contributed by atoms with Crippen LogP contribution in [0.1, 0.15) is 258 Å². The van der Waals surface area contributed by atoms with Gasteiger partial charge in [0.25, 0.3) is 0 Å². The van der Waals surface area contributed by atoms with Gasteiger partial charge in [0.05, 0.1) is 25.4 Å². The standard InChI is InChI=1S/C52H101NO8/c1-3-5-7-9-11-13-15-17-18-19-20-21-22-23-24-25-26-27-28-30-32-34-36-38-40-42-48(56)53-45(44-60-52-51(59)50(58)49(57)47(43-54)61-52)46(55)41-39-37-35-33-31-29-16-14-12-10-8-6-4-2/h39,41,45-47,49-52,54-55,57-59H,3-38,40,42-44H2,1-2H3,(H,53,56)/b41-39+/t45-,46+,47+,49+,50?,51?,52+/m0/s1. The Balaban J connectivity index is 2.20. The van der Waals surface area contributed by atoms with Crippen LogP contribution in [0, 0.1) is 0 Å². The fraction of sp³-hybridized carbons (Fsp3) is 0.942. The fourth-order valence-electron chi connectivity index (χ4n) is 8.63. The molecule has 9 nitrogen and oxygen atoms in total. The molecule has 1 aliphatic heterocycles. The number of ether oxygens (including phenoxy) is 2. The lowest BCUT2D eigenvalue weighted by molar-refractivity contribution is -0.302. The van der Waals surface area contributed by atoms with Crippen LogP contribution in [0.25, 0.3) is 0 Å². The third kappa shape index (κ3) is 33.1. The van der Waals surface area contributed by atoms with Crippen LogP contribution in [-0.4, -0.2) is 87.5 Å². The highest BCUT2D eigenvalue weighted by Crippen LogP contribution is 2.23. The minimum Gasteiger partial charge on any atom is -0.394 e. The summed E-state index contributed by atoms with van der Waals surface area (Å²) < 4.78 is 11.2. The average Bonchev–Trinajstić information content (AvgIpc) is 3.26. The quantitative estimate of drug-likeness (QED) is 0.0262. The van der Waals surface area contributed by atoms with Gasteiger partial charge in [0.15, 0.2) is 6.29 Å². The lowest BCUT2D eigenvalue weighted by atomic mass is 9.99. The number of nitrogens with one attached hydrogen (secondary N) is 1. The molecule has 0 aromatic rings. The van der Waals surface area contributed by atoms with E-state index in [1.165, 1.54) is 199 Å². The van der Waals surface area contributed by atoms with Crippen molar-refractivity contribution >= 4 is 5.91 Å².